The second kappa shape index (κ2) is 3.77. The first-order valence-corrected chi connectivity index (χ1v) is 2.27. The predicted molar refractivity (Wildman–Crippen MR) is 36.9 cm³/mol. The Kier molecular flexibility index (Phi) is 3.27. The molecule has 1 N–H and O–H groups in total. The summed E-state index contributed by atoms with van der Waals surface area (Å²) in [5.41, 5.74) is 0. The van der Waals surface area contributed by atoms with E-state index < -0.39 is 0 Å². The average Bonchev–Trinajstić information content (AvgIpc) is 2.19. The first-order valence-electron chi connectivity index (χ1n) is 2.27. The van der Waals surface area contributed by atoms with Crippen molar-refractivity contribution in [3.05, 3.63) is 6.33 Å². The minimum absolute atomic E-state index is 0. The Bertz CT molecular complexity index is 165. The molecule has 9 heavy (non-hydrogen) atoms. The summed E-state index contributed by atoms with van der Waals surface area (Å²) in [6.07, 6.45) is 3.07. The Balaban J connectivity index is 0.000000640. The minimum atomic E-state index is 0. The predicted octanol–water partition coefficient (Wildman–Crippen LogP) is 1.16. The fraction of sp³-hybridized carbons (Fsp3) is 0.400. The highest BCUT2D eigenvalue weighted by Crippen LogP contribution is 1.94. The Labute approximate surface area is 54.0 Å². The van der Waals surface area contributed by atoms with Crippen molar-refractivity contribution in [2.75, 3.05) is 0 Å². The van der Waals surface area contributed by atoms with Gasteiger partial charge < -0.3 is 0 Å². The molecule has 0 fully saturated rings. The zero-order valence-corrected chi connectivity index (χ0v) is 4.50. The van der Waals surface area contributed by atoms with Crippen LogP contribution in [0.3, 0.4) is 0 Å². The van der Waals surface area contributed by atoms with E-state index in [0.717, 1.165) is 0 Å². The summed E-state index contributed by atoms with van der Waals surface area (Å²) >= 11 is 0. The van der Waals surface area contributed by atoms with Crippen LogP contribution in [0.25, 0.3) is 0 Å². The maximum Gasteiger partial charge on any atom is 0.244 e. The van der Waals surface area contributed by atoms with Gasteiger partial charge in [-0.1, -0.05) is 7.43 Å². The second-order valence-electron chi connectivity index (χ2n) is 1.20. The molecule has 1 aromatic rings. The highest BCUT2D eigenvalue weighted by atomic mass is 15.2. The number of H-pyrrole nitrogens is 1. The summed E-state index contributed by atoms with van der Waals surface area (Å²) in [6.45, 7) is 1.82. The van der Waals surface area contributed by atoms with E-state index in [1.165, 1.54) is 6.33 Å². The van der Waals surface area contributed by atoms with Crippen LogP contribution in [0.4, 0.5) is 5.95 Å². The van der Waals surface area contributed by atoms with E-state index in [-0.39, 0.29) is 7.43 Å². The molecule has 0 spiro atoms. The highest BCUT2D eigenvalue weighted by Gasteiger charge is 1.82. The van der Waals surface area contributed by atoms with Crippen molar-refractivity contribution in [1.29, 1.82) is 0 Å². The summed E-state index contributed by atoms with van der Waals surface area (Å²) < 4.78 is 0. The maximum atomic E-state index is 3.81. The Hall–Kier alpha value is -1.19. The van der Waals surface area contributed by atoms with Gasteiger partial charge in [0, 0.05) is 6.21 Å². The molecule has 0 aliphatic carbocycles. The molecule has 0 amide bonds. The van der Waals surface area contributed by atoms with Crippen LogP contribution >= 0.6 is 0 Å². The lowest BCUT2D eigenvalue weighted by molar-refractivity contribution is 1.08. The van der Waals surface area contributed by atoms with Crippen molar-refractivity contribution in [3.63, 3.8) is 0 Å². The number of nitrogens with zero attached hydrogens (tertiary/aromatic N) is 3. The third kappa shape index (κ3) is 2.03. The van der Waals surface area contributed by atoms with Gasteiger partial charge in [-0.3, -0.25) is 0 Å². The SMILES string of the molecule is C.C/C=N/c1ncn[nH]1. The molecule has 1 heterocycles. The Morgan fingerprint density at radius 1 is 1.78 bits per heavy atom. The average molecular weight is 126 g/mol. The van der Waals surface area contributed by atoms with Crippen molar-refractivity contribution < 1.29 is 0 Å². The van der Waals surface area contributed by atoms with Crippen molar-refractivity contribution in [2.24, 2.45) is 4.99 Å². The summed E-state index contributed by atoms with van der Waals surface area (Å²) in [5.74, 6) is 0.549. The van der Waals surface area contributed by atoms with E-state index in [0.29, 0.717) is 5.95 Å². The first kappa shape index (κ1) is 7.81. The fourth-order valence-corrected chi connectivity index (χ4v) is 0.384. The zero-order valence-electron chi connectivity index (χ0n) is 4.50. The van der Waals surface area contributed by atoms with Crippen LogP contribution in [-0.4, -0.2) is 21.4 Å². The van der Waals surface area contributed by atoms with Gasteiger partial charge in [-0.15, -0.1) is 0 Å². The van der Waals surface area contributed by atoms with Crippen LogP contribution in [0.5, 0.6) is 0 Å². The van der Waals surface area contributed by atoms with Crippen LogP contribution in [0.1, 0.15) is 14.4 Å². The van der Waals surface area contributed by atoms with Crippen molar-refractivity contribution in [2.45, 2.75) is 14.4 Å². The molecule has 1 rings (SSSR count). The molecular weight excluding hydrogens is 116 g/mol. The minimum Gasteiger partial charge on any atom is -0.244 e. The van der Waals surface area contributed by atoms with Gasteiger partial charge in [0.05, 0.1) is 0 Å². The molecule has 0 aliphatic rings. The first-order chi connectivity index (χ1) is 3.93. The topological polar surface area (TPSA) is 53.9 Å². The van der Waals surface area contributed by atoms with E-state index in [2.05, 4.69) is 20.2 Å². The van der Waals surface area contributed by atoms with Gasteiger partial charge in [-0.2, -0.15) is 10.1 Å². The lowest BCUT2D eigenvalue weighted by Crippen LogP contribution is -1.65. The van der Waals surface area contributed by atoms with E-state index in [4.69, 9.17) is 0 Å². The molecule has 0 aromatic carbocycles. The third-order valence-corrected chi connectivity index (χ3v) is 0.654. The molecule has 4 nitrogen and oxygen atoms in total. The van der Waals surface area contributed by atoms with E-state index >= 15 is 0 Å². The lowest BCUT2D eigenvalue weighted by atomic mass is 10.9. The largest absolute Gasteiger partial charge is 0.244 e. The van der Waals surface area contributed by atoms with Crippen LogP contribution in [-0.2, 0) is 0 Å². The lowest BCUT2D eigenvalue weighted by Gasteiger charge is -1.74. The maximum absolute atomic E-state index is 3.81. The fourth-order valence-electron chi connectivity index (χ4n) is 0.384. The van der Waals surface area contributed by atoms with Crippen LogP contribution in [0.2, 0.25) is 0 Å². The number of aliphatic imine (C=N–C) groups is 1. The van der Waals surface area contributed by atoms with E-state index in [1.807, 2.05) is 6.92 Å². The number of hydrogen-bond donors (Lipinski definition) is 1. The van der Waals surface area contributed by atoms with Gasteiger partial charge in [0.15, 0.2) is 0 Å². The standard InChI is InChI=1S/C4H6N4.CH4/c1-2-5-4-6-3-7-8-4;/h2-3H,1H3,(H,6,7,8);1H4/b5-2+;. The second-order valence-corrected chi connectivity index (χ2v) is 1.20. The van der Waals surface area contributed by atoms with Crippen LogP contribution in [0, 0.1) is 0 Å². The van der Waals surface area contributed by atoms with Crippen molar-refractivity contribution >= 4 is 12.2 Å². The smallest absolute Gasteiger partial charge is 0.244 e. The third-order valence-electron chi connectivity index (χ3n) is 0.654. The zero-order chi connectivity index (χ0) is 5.82. The number of aromatic amines is 1. The summed E-state index contributed by atoms with van der Waals surface area (Å²) in [5, 5.41) is 6.17. The van der Waals surface area contributed by atoms with Crippen LogP contribution < -0.4 is 0 Å². The Morgan fingerprint density at radius 3 is 3.00 bits per heavy atom. The summed E-state index contributed by atoms with van der Waals surface area (Å²) in [6, 6.07) is 0. The summed E-state index contributed by atoms with van der Waals surface area (Å²) in [4.78, 5) is 7.55. The van der Waals surface area contributed by atoms with Gasteiger partial charge in [-0.05, 0) is 6.92 Å². The number of hydrogen-bond acceptors (Lipinski definition) is 3. The molecule has 0 unspecified atom stereocenters. The van der Waals surface area contributed by atoms with Crippen molar-refractivity contribution in [3.8, 4) is 0 Å². The molecule has 0 bridgehead atoms. The van der Waals surface area contributed by atoms with Gasteiger partial charge >= 0.3 is 0 Å². The molecule has 0 saturated carbocycles. The monoisotopic (exact) mass is 126 g/mol. The molecule has 1 aromatic heterocycles. The van der Waals surface area contributed by atoms with Gasteiger partial charge in [-0.25, -0.2) is 10.1 Å². The molecule has 0 atom stereocenters. The van der Waals surface area contributed by atoms with Gasteiger partial charge in [0.2, 0.25) is 5.95 Å². The van der Waals surface area contributed by atoms with Gasteiger partial charge in [0.1, 0.15) is 6.33 Å². The normalized spacial score (nSPS) is 9.44. The molecule has 50 valence electrons. The molecule has 0 saturated heterocycles. The number of nitrogens with one attached hydrogen (secondary N) is 1. The van der Waals surface area contributed by atoms with Gasteiger partial charge in [0.25, 0.3) is 0 Å². The van der Waals surface area contributed by atoms with Crippen molar-refractivity contribution in [1.82, 2.24) is 15.2 Å². The summed E-state index contributed by atoms with van der Waals surface area (Å²) in [7, 11) is 0. The molecule has 4 heteroatoms. The number of rotatable bonds is 1. The Morgan fingerprint density at radius 2 is 2.56 bits per heavy atom. The van der Waals surface area contributed by atoms with E-state index in [9.17, 15) is 0 Å². The van der Waals surface area contributed by atoms with Crippen LogP contribution in [0.15, 0.2) is 11.3 Å². The number of aromatic nitrogens is 3. The quantitative estimate of drug-likeness (QED) is 0.574. The molecule has 0 aliphatic heterocycles. The molecule has 0 radical (unpaired) electrons. The van der Waals surface area contributed by atoms with E-state index in [1.54, 1.807) is 6.21 Å². The molecular formula is C5H10N4. The highest BCUT2D eigenvalue weighted by molar-refractivity contribution is 5.56.